The van der Waals surface area contributed by atoms with Crippen LogP contribution in [0.5, 0.6) is 0 Å². The standard InChI is InChI=1S/C14H17NO/c1-10-6-5-7-11(2)13(10)8-14(4,9-15)12(3)16/h5-7H,8H2,1-4H3. The maximum atomic E-state index is 11.5. The smallest absolute Gasteiger partial charge is 0.150 e. The van der Waals surface area contributed by atoms with E-state index >= 15 is 0 Å². The van der Waals surface area contributed by atoms with Gasteiger partial charge in [0.25, 0.3) is 0 Å². The maximum absolute atomic E-state index is 11.5. The van der Waals surface area contributed by atoms with Crippen molar-refractivity contribution in [3.63, 3.8) is 0 Å². The van der Waals surface area contributed by atoms with Gasteiger partial charge in [-0.1, -0.05) is 18.2 Å². The van der Waals surface area contributed by atoms with Crippen LogP contribution >= 0.6 is 0 Å². The third kappa shape index (κ3) is 2.30. The average molecular weight is 215 g/mol. The number of carbonyl (C=O) groups is 1. The van der Waals surface area contributed by atoms with Crippen LogP contribution < -0.4 is 0 Å². The van der Waals surface area contributed by atoms with E-state index in [4.69, 9.17) is 5.26 Å². The van der Waals surface area contributed by atoms with Gasteiger partial charge in [0.15, 0.2) is 0 Å². The molecule has 0 saturated carbocycles. The van der Waals surface area contributed by atoms with Crippen LogP contribution in [0.4, 0.5) is 0 Å². The van der Waals surface area contributed by atoms with E-state index in [1.165, 1.54) is 6.92 Å². The molecule has 0 fully saturated rings. The Morgan fingerprint density at radius 1 is 1.38 bits per heavy atom. The van der Waals surface area contributed by atoms with Crippen LogP contribution in [0.2, 0.25) is 0 Å². The highest BCUT2D eigenvalue weighted by molar-refractivity contribution is 5.85. The van der Waals surface area contributed by atoms with Gasteiger partial charge in [0.1, 0.15) is 11.2 Å². The number of aryl methyl sites for hydroxylation is 2. The minimum absolute atomic E-state index is 0.0716. The van der Waals surface area contributed by atoms with Crippen LogP contribution in [-0.4, -0.2) is 5.78 Å². The molecule has 0 heterocycles. The molecule has 16 heavy (non-hydrogen) atoms. The van der Waals surface area contributed by atoms with Crippen LogP contribution in [0.1, 0.15) is 30.5 Å². The van der Waals surface area contributed by atoms with Crippen molar-refractivity contribution in [1.82, 2.24) is 0 Å². The molecule has 1 atom stereocenters. The molecule has 0 aliphatic heterocycles. The Balaban J connectivity index is 3.15. The van der Waals surface area contributed by atoms with Gasteiger partial charge in [-0.25, -0.2) is 0 Å². The first-order valence-corrected chi connectivity index (χ1v) is 5.38. The van der Waals surface area contributed by atoms with Gasteiger partial charge in [-0.3, -0.25) is 4.79 Å². The number of Topliss-reactive ketones (excluding diaryl/α,β-unsaturated/α-hetero) is 1. The fraction of sp³-hybridized carbons (Fsp3) is 0.429. The minimum Gasteiger partial charge on any atom is -0.298 e. The number of nitriles is 1. The summed E-state index contributed by atoms with van der Waals surface area (Å²) in [4.78, 5) is 11.5. The molecule has 0 saturated heterocycles. The molecule has 0 N–H and O–H groups in total. The van der Waals surface area contributed by atoms with Crippen molar-refractivity contribution in [2.45, 2.75) is 34.1 Å². The van der Waals surface area contributed by atoms with Crippen LogP contribution in [0.25, 0.3) is 0 Å². The molecule has 0 bridgehead atoms. The quantitative estimate of drug-likeness (QED) is 0.777. The Morgan fingerprint density at radius 2 is 1.88 bits per heavy atom. The summed E-state index contributed by atoms with van der Waals surface area (Å²) in [6.07, 6.45) is 0.497. The van der Waals surface area contributed by atoms with Crippen molar-refractivity contribution in [1.29, 1.82) is 5.26 Å². The molecule has 1 aromatic rings. The molecule has 0 aromatic heterocycles. The monoisotopic (exact) mass is 215 g/mol. The number of benzene rings is 1. The van der Waals surface area contributed by atoms with Gasteiger partial charge in [0.05, 0.1) is 6.07 Å². The van der Waals surface area contributed by atoms with Gasteiger partial charge < -0.3 is 0 Å². The van der Waals surface area contributed by atoms with Crippen molar-refractivity contribution in [3.05, 3.63) is 34.9 Å². The summed E-state index contributed by atoms with van der Waals surface area (Å²) in [5, 5.41) is 9.13. The van der Waals surface area contributed by atoms with Crippen molar-refractivity contribution < 1.29 is 4.79 Å². The zero-order valence-electron chi connectivity index (χ0n) is 10.3. The summed E-state index contributed by atoms with van der Waals surface area (Å²) < 4.78 is 0. The van der Waals surface area contributed by atoms with E-state index in [9.17, 15) is 4.79 Å². The van der Waals surface area contributed by atoms with Crippen LogP contribution in [-0.2, 0) is 11.2 Å². The molecular weight excluding hydrogens is 198 g/mol. The van der Waals surface area contributed by atoms with Crippen molar-refractivity contribution >= 4 is 5.78 Å². The lowest BCUT2D eigenvalue weighted by Crippen LogP contribution is -2.27. The molecule has 0 aliphatic carbocycles. The number of nitrogens with zero attached hydrogens (tertiary/aromatic N) is 1. The minimum atomic E-state index is -0.906. The van der Waals surface area contributed by atoms with Gasteiger partial charge in [-0.2, -0.15) is 5.26 Å². The number of hydrogen-bond acceptors (Lipinski definition) is 2. The summed E-state index contributed by atoms with van der Waals surface area (Å²) in [6.45, 7) is 7.22. The Bertz CT molecular complexity index is 436. The van der Waals surface area contributed by atoms with E-state index in [-0.39, 0.29) is 5.78 Å². The van der Waals surface area contributed by atoms with E-state index in [0.717, 1.165) is 16.7 Å². The number of rotatable bonds is 3. The second kappa shape index (κ2) is 4.49. The first kappa shape index (κ1) is 12.4. The highest BCUT2D eigenvalue weighted by Crippen LogP contribution is 2.26. The lowest BCUT2D eigenvalue weighted by Gasteiger charge is -2.20. The van der Waals surface area contributed by atoms with E-state index in [1.807, 2.05) is 32.0 Å². The van der Waals surface area contributed by atoms with Crippen molar-refractivity contribution in [2.24, 2.45) is 5.41 Å². The molecule has 0 amide bonds. The van der Waals surface area contributed by atoms with Crippen LogP contribution in [0.3, 0.4) is 0 Å². The number of carbonyl (C=O) groups excluding carboxylic acids is 1. The summed E-state index contributed by atoms with van der Waals surface area (Å²) in [5.74, 6) is -0.0716. The second-order valence-electron chi connectivity index (χ2n) is 4.55. The molecule has 0 spiro atoms. The van der Waals surface area contributed by atoms with Gasteiger partial charge in [0.2, 0.25) is 0 Å². The maximum Gasteiger partial charge on any atom is 0.150 e. The van der Waals surface area contributed by atoms with Gasteiger partial charge in [0, 0.05) is 0 Å². The topological polar surface area (TPSA) is 40.9 Å². The molecule has 0 radical (unpaired) electrons. The summed E-state index contributed by atoms with van der Waals surface area (Å²) in [6, 6.07) is 8.15. The van der Waals surface area contributed by atoms with E-state index < -0.39 is 5.41 Å². The Labute approximate surface area is 96.9 Å². The fourth-order valence-corrected chi connectivity index (χ4v) is 1.72. The van der Waals surface area contributed by atoms with E-state index in [1.54, 1.807) is 6.92 Å². The fourth-order valence-electron chi connectivity index (χ4n) is 1.72. The molecule has 84 valence electrons. The normalized spacial score (nSPS) is 13.9. The van der Waals surface area contributed by atoms with Gasteiger partial charge in [-0.15, -0.1) is 0 Å². The lowest BCUT2D eigenvalue weighted by atomic mass is 9.79. The second-order valence-corrected chi connectivity index (χ2v) is 4.55. The lowest BCUT2D eigenvalue weighted by molar-refractivity contribution is -0.123. The summed E-state index contributed by atoms with van der Waals surface area (Å²) in [5.41, 5.74) is 2.49. The molecular formula is C14H17NO. The molecule has 1 unspecified atom stereocenters. The largest absolute Gasteiger partial charge is 0.298 e. The number of ketones is 1. The zero-order chi connectivity index (χ0) is 12.3. The van der Waals surface area contributed by atoms with Crippen LogP contribution in [0, 0.1) is 30.6 Å². The molecule has 2 heteroatoms. The number of hydrogen-bond donors (Lipinski definition) is 0. The highest BCUT2D eigenvalue weighted by atomic mass is 16.1. The highest BCUT2D eigenvalue weighted by Gasteiger charge is 2.30. The molecule has 1 aromatic carbocycles. The van der Waals surface area contributed by atoms with Gasteiger partial charge in [-0.05, 0) is 50.8 Å². The van der Waals surface area contributed by atoms with E-state index in [0.29, 0.717) is 6.42 Å². The Hall–Kier alpha value is -1.62. The predicted octanol–water partition coefficient (Wildman–Crippen LogP) is 2.96. The van der Waals surface area contributed by atoms with Crippen molar-refractivity contribution in [3.8, 4) is 6.07 Å². The summed E-state index contributed by atoms with van der Waals surface area (Å²) >= 11 is 0. The first-order chi connectivity index (χ1) is 7.40. The average Bonchev–Trinajstić information content (AvgIpc) is 2.23. The van der Waals surface area contributed by atoms with Crippen LogP contribution in [0.15, 0.2) is 18.2 Å². The molecule has 0 aliphatic rings. The van der Waals surface area contributed by atoms with Crippen molar-refractivity contribution in [2.75, 3.05) is 0 Å². The first-order valence-electron chi connectivity index (χ1n) is 5.38. The third-order valence-corrected chi connectivity index (χ3v) is 3.20. The zero-order valence-corrected chi connectivity index (χ0v) is 10.3. The Kier molecular flexibility index (Phi) is 3.49. The summed E-state index contributed by atoms with van der Waals surface area (Å²) in [7, 11) is 0. The van der Waals surface area contributed by atoms with Gasteiger partial charge >= 0.3 is 0 Å². The predicted molar refractivity (Wildman–Crippen MR) is 64.0 cm³/mol. The Morgan fingerprint density at radius 3 is 2.25 bits per heavy atom. The van der Waals surface area contributed by atoms with E-state index in [2.05, 4.69) is 6.07 Å². The molecule has 2 nitrogen and oxygen atoms in total. The SMILES string of the molecule is CC(=O)C(C)(C#N)Cc1c(C)cccc1C. The molecule has 1 rings (SSSR count). The third-order valence-electron chi connectivity index (χ3n) is 3.20.